The molecule has 0 aliphatic heterocycles. The molecule has 2 nitrogen and oxygen atoms in total. The maximum absolute atomic E-state index is 6.39. The van der Waals surface area contributed by atoms with Gasteiger partial charge in [-0.1, -0.05) is 78.9 Å². The summed E-state index contributed by atoms with van der Waals surface area (Å²) in [6, 6.07) is 29.2. The number of hydrogen-bond donors (Lipinski definition) is 2. The smallest absolute Gasteiger partial charge is 0.0426 e. The summed E-state index contributed by atoms with van der Waals surface area (Å²) in [5.74, 6) is 0. The summed E-state index contributed by atoms with van der Waals surface area (Å²) >= 11 is 0. The van der Waals surface area contributed by atoms with Crippen molar-refractivity contribution in [3.63, 3.8) is 0 Å². The van der Waals surface area contributed by atoms with Gasteiger partial charge in [0.1, 0.15) is 0 Å². The molecule has 26 heavy (non-hydrogen) atoms. The van der Waals surface area contributed by atoms with E-state index in [-0.39, 0.29) is 5.41 Å². The first-order valence-electron chi connectivity index (χ1n) is 8.84. The SMILES string of the molecule is NC1=C(c2ccccc2)CC(c2ccccc2)(c2ccc(N)cc2)C=C1. The average Bonchev–Trinajstić information content (AvgIpc) is 2.71. The molecule has 0 amide bonds. The minimum atomic E-state index is -0.261. The Morgan fingerprint density at radius 2 is 1.23 bits per heavy atom. The highest BCUT2D eigenvalue weighted by Gasteiger charge is 2.35. The van der Waals surface area contributed by atoms with E-state index in [0.29, 0.717) is 0 Å². The predicted octanol–water partition coefficient (Wildman–Crippen LogP) is 4.88. The molecule has 1 atom stereocenters. The Hall–Kier alpha value is -3.26. The van der Waals surface area contributed by atoms with Crippen LogP contribution in [-0.4, -0.2) is 0 Å². The first-order chi connectivity index (χ1) is 12.7. The third-order valence-corrected chi connectivity index (χ3v) is 5.19. The molecule has 0 fully saturated rings. The normalized spacial score (nSPS) is 19.5. The first-order valence-corrected chi connectivity index (χ1v) is 8.84. The maximum atomic E-state index is 6.39. The van der Waals surface area contributed by atoms with Crippen molar-refractivity contribution < 1.29 is 0 Å². The number of hydrogen-bond acceptors (Lipinski definition) is 2. The summed E-state index contributed by atoms with van der Waals surface area (Å²) in [7, 11) is 0. The van der Waals surface area contributed by atoms with E-state index in [1.54, 1.807) is 0 Å². The van der Waals surface area contributed by atoms with Gasteiger partial charge in [-0.15, -0.1) is 0 Å². The van der Waals surface area contributed by atoms with Crippen molar-refractivity contribution in [2.45, 2.75) is 11.8 Å². The van der Waals surface area contributed by atoms with Gasteiger partial charge in [0.2, 0.25) is 0 Å². The van der Waals surface area contributed by atoms with E-state index in [9.17, 15) is 0 Å². The molecule has 0 aromatic heterocycles. The Morgan fingerprint density at radius 3 is 1.88 bits per heavy atom. The minimum Gasteiger partial charge on any atom is -0.399 e. The van der Waals surface area contributed by atoms with Crippen LogP contribution >= 0.6 is 0 Å². The van der Waals surface area contributed by atoms with Gasteiger partial charge in [0, 0.05) is 16.8 Å². The number of benzene rings is 3. The van der Waals surface area contributed by atoms with Crippen molar-refractivity contribution in [1.29, 1.82) is 0 Å². The second kappa shape index (κ2) is 6.57. The van der Waals surface area contributed by atoms with Gasteiger partial charge in [0.25, 0.3) is 0 Å². The van der Waals surface area contributed by atoms with E-state index in [2.05, 4.69) is 78.9 Å². The van der Waals surface area contributed by atoms with Gasteiger partial charge in [0.05, 0.1) is 0 Å². The second-order valence-electron chi connectivity index (χ2n) is 6.77. The molecule has 1 aliphatic carbocycles. The standard InChI is InChI=1S/C24H22N2/c25-21-13-11-20(12-14-21)24(19-9-5-2-6-10-19)16-15-23(26)22(17-24)18-7-3-1-4-8-18/h1-16H,17,25-26H2. The average molecular weight is 338 g/mol. The summed E-state index contributed by atoms with van der Waals surface area (Å²) in [6.07, 6.45) is 5.10. The molecule has 0 heterocycles. The molecule has 0 bridgehead atoms. The van der Waals surface area contributed by atoms with Crippen LogP contribution in [0.1, 0.15) is 23.1 Å². The van der Waals surface area contributed by atoms with Crippen molar-refractivity contribution in [3.8, 4) is 0 Å². The molecule has 0 radical (unpaired) electrons. The zero-order valence-electron chi connectivity index (χ0n) is 14.6. The predicted molar refractivity (Wildman–Crippen MR) is 109 cm³/mol. The Balaban J connectivity index is 1.88. The Labute approximate surface area is 154 Å². The van der Waals surface area contributed by atoms with Crippen LogP contribution in [-0.2, 0) is 5.41 Å². The molecular weight excluding hydrogens is 316 g/mol. The van der Waals surface area contributed by atoms with Gasteiger partial charge < -0.3 is 11.5 Å². The monoisotopic (exact) mass is 338 g/mol. The lowest BCUT2D eigenvalue weighted by Gasteiger charge is -2.36. The van der Waals surface area contributed by atoms with E-state index in [4.69, 9.17) is 11.5 Å². The van der Waals surface area contributed by atoms with E-state index < -0.39 is 0 Å². The van der Waals surface area contributed by atoms with Crippen LogP contribution < -0.4 is 11.5 Å². The topological polar surface area (TPSA) is 52.0 Å². The fourth-order valence-electron chi connectivity index (χ4n) is 3.76. The third-order valence-electron chi connectivity index (χ3n) is 5.19. The van der Waals surface area contributed by atoms with Gasteiger partial charge in [-0.2, -0.15) is 0 Å². The second-order valence-corrected chi connectivity index (χ2v) is 6.77. The summed E-state index contributed by atoms with van der Waals surface area (Å²) in [4.78, 5) is 0. The summed E-state index contributed by atoms with van der Waals surface area (Å²) in [5, 5.41) is 0. The molecule has 1 unspecified atom stereocenters. The highest BCUT2D eigenvalue weighted by molar-refractivity contribution is 5.75. The van der Waals surface area contributed by atoms with Crippen molar-refractivity contribution in [1.82, 2.24) is 0 Å². The van der Waals surface area contributed by atoms with Crippen LogP contribution in [0.25, 0.3) is 5.57 Å². The fourth-order valence-corrected chi connectivity index (χ4v) is 3.76. The van der Waals surface area contributed by atoms with Crippen LogP contribution in [0.5, 0.6) is 0 Å². The lowest BCUT2D eigenvalue weighted by molar-refractivity contribution is 0.654. The quantitative estimate of drug-likeness (QED) is 0.668. The molecule has 2 heteroatoms. The van der Waals surface area contributed by atoms with Crippen molar-refractivity contribution >= 4 is 11.3 Å². The van der Waals surface area contributed by atoms with Gasteiger partial charge in [-0.05, 0) is 46.9 Å². The highest BCUT2D eigenvalue weighted by Crippen LogP contribution is 2.45. The molecule has 4 rings (SSSR count). The molecule has 0 saturated carbocycles. The number of nitrogens with two attached hydrogens (primary N) is 2. The third kappa shape index (κ3) is 2.80. The number of anilines is 1. The maximum Gasteiger partial charge on any atom is 0.0426 e. The van der Waals surface area contributed by atoms with E-state index >= 15 is 0 Å². The lowest BCUT2D eigenvalue weighted by Crippen LogP contribution is -2.29. The molecular formula is C24H22N2. The van der Waals surface area contributed by atoms with E-state index in [1.807, 2.05) is 18.2 Å². The van der Waals surface area contributed by atoms with Gasteiger partial charge >= 0.3 is 0 Å². The van der Waals surface area contributed by atoms with E-state index in [0.717, 1.165) is 17.8 Å². The summed E-state index contributed by atoms with van der Waals surface area (Å²) in [6.45, 7) is 0. The Morgan fingerprint density at radius 1 is 0.654 bits per heavy atom. The zero-order valence-corrected chi connectivity index (χ0v) is 14.6. The van der Waals surface area contributed by atoms with Crippen LogP contribution in [0.2, 0.25) is 0 Å². The summed E-state index contributed by atoms with van der Waals surface area (Å²) in [5.41, 5.74) is 18.5. The molecule has 4 N–H and O–H groups in total. The lowest BCUT2D eigenvalue weighted by atomic mass is 9.67. The Kier molecular flexibility index (Phi) is 4.10. The Bertz CT molecular complexity index is 954. The largest absolute Gasteiger partial charge is 0.399 e. The highest BCUT2D eigenvalue weighted by atomic mass is 14.6. The van der Waals surface area contributed by atoms with Gasteiger partial charge in [-0.25, -0.2) is 0 Å². The summed E-state index contributed by atoms with van der Waals surface area (Å²) < 4.78 is 0. The molecule has 0 spiro atoms. The van der Waals surface area contributed by atoms with Crippen LogP contribution in [0, 0.1) is 0 Å². The fraction of sp³-hybridized carbons (Fsp3) is 0.0833. The minimum absolute atomic E-state index is 0.261. The van der Waals surface area contributed by atoms with Crippen LogP contribution in [0.4, 0.5) is 5.69 Å². The molecule has 0 saturated heterocycles. The number of allylic oxidation sites excluding steroid dienone is 3. The van der Waals surface area contributed by atoms with Gasteiger partial charge in [-0.3, -0.25) is 0 Å². The van der Waals surface area contributed by atoms with Crippen molar-refractivity contribution in [2.75, 3.05) is 5.73 Å². The zero-order chi connectivity index (χ0) is 18.0. The van der Waals surface area contributed by atoms with Gasteiger partial charge in [0.15, 0.2) is 0 Å². The van der Waals surface area contributed by atoms with Crippen LogP contribution in [0.3, 0.4) is 0 Å². The van der Waals surface area contributed by atoms with Crippen LogP contribution in [0.15, 0.2) is 103 Å². The molecule has 1 aliphatic rings. The number of rotatable bonds is 3. The van der Waals surface area contributed by atoms with E-state index in [1.165, 1.54) is 22.3 Å². The molecule has 128 valence electrons. The molecule has 3 aromatic rings. The van der Waals surface area contributed by atoms with Crippen molar-refractivity contribution in [3.05, 3.63) is 119 Å². The van der Waals surface area contributed by atoms with Crippen molar-refractivity contribution in [2.24, 2.45) is 5.73 Å². The first kappa shape index (κ1) is 16.2. The number of nitrogen functional groups attached to an aromatic ring is 1. The molecule has 3 aromatic carbocycles.